The van der Waals surface area contributed by atoms with Crippen molar-refractivity contribution in [2.75, 3.05) is 5.75 Å². The van der Waals surface area contributed by atoms with Gasteiger partial charge in [-0.1, -0.05) is 58.0 Å². The van der Waals surface area contributed by atoms with E-state index in [-0.39, 0.29) is 16.9 Å². The third-order valence-electron chi connectivity index (χ3n) is 4.57. The molecule has 1 saturated heterocycles. The van der Waals surface area contributed by atoms with Gasteiger partial charge in [0.05, 0.1) is 0 Å². The Labute approximate surface area is 143 Å². The highest BCUT2D eigenvalue weighted by molar-refractivity contribution is 8.01. The first kappa shape index (κ1) is 17.7. The normalized spacial score (nSPS) is 20.2. The van der Waals surface area contributed by atoms with Gasteiger partial charge in [-0.25, -0.2) is 0 Å². The first-order chi connectivity index (χ1) is 10.8. The van der Waals surface area contributed by atoms with Crippen LogP contribution in [0.3, 0.4) is 0 Å². The van der Waals surface area contributed by atoms with Crippen molar-refractivity contribution in [1.82, 2.24) is 0 Å². The standard InChI is InChI=1S/C15H16O2.C5H10S/c1-15(2,11-6-5-7-12(16)10-11)13-8-3-4-9-14(13)17;1-4-3-6-5(4)2/h3-10,16-17H,1-2H3;4-5H,3H2,1-2H3. The summed E-state index contributed by atoms with van der Waals surface area (Å²) >= 11 is 2.07. The van der Waals surface area contributed by atoms with Crippen LogP contribution in [0, 0.1) is 5.92 Å². The van der Waals surface area contributed by atoms with Gasteiger partial charge in [0, 0.05) is 16.2 Å². The van der Waals surface area contributed by atoms with E-state index in [1.807, 2.05) is 38.1 Å². The van der Waals surface area contributed by atoms with Crippen molar-refractivity contribution in [1.29, 1.82) is 0 Å². The molecule has 0 spiro atoms. The number of thioether (sulfide) groups is 1. The Morgan fingerprint density at radius 2 is 1.65 bits per heavy atom. The van der Waals surface area contributed by atoms with Crippen LogP contribution in [0.15, 0.2) is 48.5 Å². The van der Waals surface area contributed by atoms with Gasteiger partial charge in [-0.15, -0.1) is 0 Å². The lowest BCUT2D eigenvalue weighted by molar-refractivity contribution is 0.450. The fourth-order valence-electron chi connectivity index (χ4n) is 2.53. The molecule has 1 fully saturated rings. The molecule has 0 bridgehead atoms. The monoisotopic (exact) mass is 330 g/mol. The Morgan fingerprint density at radius 1 is 1.00 bits per heavy atom. The largest absolute Gasteiger partial charge is 0.508 e. The van der Waals surface area contributed by atoms with Crippen molar-refractivity contribution < 1.29 is 10.2 Å². The first-order valence-corrected chi connectivity index (χ1v) is 9.07. The van der Waals surface area contributed by atoms with E-state index in [9.17, 15) is 10.2 Å². The summed E-state index contributed by atoms with van der Waals surface area (Å²) in [6.07, 6.45) is 0. The molecule has 2 atom stereocenters. The maximum atomic E-state index is 9.91. The van der Waals surface area contributed by atoms with E-state index in [1.54, 1.807) is 24.3 Å². The third kappa shape index (κ3) is 4.23. The number of hydrogen-bond acceptors (Lipinski definition) is 3. The molecule has 0 aliphatic carbocycles. The van der Waals surface area contributed by atoms with E-state index in [1.165, 1.54) is 5.75 Å². The molecule has 2 unspecified atom stereocenters. The molecule has 0 saturated carbocycles. The minimum atomic E-state index is -0.343. The smallest absolute Gasteiger partial charge is 0.119 e. The predicted octanol–water partition coefficient (Wildman–Crippen LogP) is 5.18. The van der Waals surface area contributed by atoms with Crippen LogP contribution in [0.2, 0.25) is 0 Å². The van der Waals surface area contributed by atoms with E-state index >= 15 is 0 Å². The molecule has 2 N–H and O–H groups in total. The highest BCUT2D eigenvalue weighted by atomic mass is 32.2. The van der Waals surface area contributed by atoms with Crippen molar-refractivity contribution in [2.24, 2.45) is 5.92 Å². The molecule has 1 heterocycles. The van der Waals surface area contributed by atoms with Gasteiger partial charge in [-0.05, 0) is 35.4 Å². The highest BCUT2D eigenvalue weighted by Crippen LogP contribution is 2.37. The summed E-state index contributed by atoms with van der Waals surface area (Å²) in [5.74, 6) is 2.91. The lowest BCUT2D eigenvalue weighted by atomic mass is 9.77. The van der Waals surface area contributed by atoms with Crippen molar-refractivity contribution in [3.63, 3.8) is 0 Å². The van der Waals surface area contributed by atoms with E-state index in [0.29, 0.717) is 0 Å². The summed E-state index contributed by atoms with van der Waals surface area (Å²) < 4.78 is 0. The summed E-state index contributed by atoms with van der Waals surface area (Å²) in [6, 6.07) is 14.4. The van der Waals surface area contributed by atoms with Gasteiger partial charge >= 0.3 is 0 Å². The second-order valence-corrected chi connectivity index (χ2v) is 8.12. The minimum absolute atomic E-state index is 0.242. The molecule has 0 amide bonds. The van der Waals surface area contributed by atoms with Crippen LogP contribution in [0.4, 0.5) is 0 Å². The van der Waals surface area contributed by atoms with Crippen LogP contribution in [-0.2, 0) is 5.41 Å². The minimum Gasteiger partial charge on any atom is -0.508 e. The lowest BCUT2D eigenvalue weighted by Crippen LogP contribution is -2.23. The van der Waals surface area contributed by atoms with Crippen molar-refractivity contribution in [3.05, 3.63) is 59.7 Å². The number of hydrogen-bond donors (Lipinski definition) is 2. The predicted molar refractivity (Wildman–Crippen MR) is 99.4 cm³/mol. The van der Waals surface area contributed by atoms with Gasteiger partial charge in [0.2, 0.25) is 0 Å². The summed E-state index contributed by atoms with van der Waals surface area (Å²) in [4.78, 5) is 0. The summed E-state index contributed by atoms with van der Waals surface area (Å²) in [6.45, 7) is 8.65. The lowest BCUT2D eigenvalue weighted by Gasteiger charge is -2.29. The summed E-state index contributed by atoms with van der Waals surface area (Å²) in [5.41, 5.74) is 1.48. The molecule has 0 aromatic heterocycles. The molecule has 0 radical (unpaired) electrons. The zero-order valence-electron chi connectivity index (χ0n) is 14.3. The second kappa shape index (κ2) is 7.31. The fraction of sp³-hybridized carbons (Fsp3) is 0.400. The molecule has 2 aromatic carbocycles. The summed E-state index contributed by atoms with van der Waals surface area (Å²) in [5, 5.41) is 20.4. The van der Waals surface area contributed by atoms with E-state index in [4.69, 9.17) is 0 Å². The van der Waals surface area contributed by atoms with Gasteiger partial charge in [-0.2, -0.15) is 11.8 Å². The summed E-state index contributed by atoms with van der Waals surface area (Å²) in [7, 11) is 0. The SMILES string of the molecule is CC(C)(c1cccc(O)c1)c1ccccc1O.CC1CSC1C. The van der Waals surface area contributed by atoms with Crippen molar-refractivity contribution in [2.45, 2.75) is 38.4 Å². The molecular formula is C20H26O2S. The number of benzene rings is 2. The van der Waals surface area contributed by atoms with Gasteiger partial charge in [0.15, 0.2) is 0 Å². The quantitative estimate of drug-likeness (QED) is 0.797. The number of phenolic OH excluding ortho intramolecular Hbond substituents is 2. The third-order valence-corrected chi connectivity index (χ3v) is 6.28. The zero-order chi connectivity index (χ0) is 17.0. The Hall–Kier alpha value is -1.61. The topological polar surface area (TPSA) is 40.5 Å². The van der Waals surface area contributed by atoms with Gasteiger partial charge in [0.25, 0.3) is 0 Å². The zero-order valence-corrected chi connectivity index (χ0v) is 15.1. The molecule has 3 heteroatoms. The van der Waals surface area contributed by atoms with Crippen LogP contribution in [0.25, 0.3) is 0 Å². The van der Waals surface area contributed by atoms with Gasteiger partial charge in [0.1, 0.15) is 11.5 Å². The highest BCUT2D eigenvalue weighted by Gasteiger charge is 2.26. The molecule has 124 valence electrons. The van der Waals surface area contributed by atoms with Gasteiger partial charge in [-0.3, -0.25) is 0 Å². The van der Waals surface area contributed by atoms with Gasteiger partial charge < -0.3 is 10.2 Å². The number of phenols is 2. The molecular weight excluding hydrogens is 304 g/mol. The Balaban J connectivity index is 0.000000268. The van der Waals surface area contributed by atoms with Crippen LogP contribution >= 0.6 is 11.8 Å². The maximum absolute atomic E-state index is 9.91. The van der Waals surface area contributed by atoms with E-state index < -0.39 is 0 Å². The number of para-hydroxylation sites is 1. The molecule has 1 aliphatic rings. The molecule has 1 aliphatic heterocycles. The number of aromatic hydroxyl groups is 2. The first-order valence-electron chi connectivity index (χ1n) is 8.02. The van der Waals surface area contributed by atoms with Crippen molar-refractivity contribution in [3.8, 4) is 11.5 Å². The van der Waals surface area contributed by atoms with E-state index in [2.05, 4.69) is 25.6 Å². The number of rotatable bonds is 2. The average Bonchev–Trinajstić information content (AvgIpc) is 2.54. The van der Waals surface area contributed by atoms with Crippen molar-refractivity contribution >= 4 is 11.8 Å². The van der Waals surface area contributed by atoms with Crippen LogP contribution in [0.1, 0.15) is 38.8 Å². The van der Waals surface area contributed by atoms with E-state index in [0.717, 1.165) is 22.3 Å². The molecule has 23 heavy (non-hydrogen) atoms. The Kier molecular flexibility index (Phi) is 5.64. The fourth-order valence-corrected chi connectivity index (χ4v) is 3.50. The van der Waals surface area contributed by atoms with Crippen LogP contribution in [-0.4, -0.2) is 21.2 Å². The van der Waals surface area contributed by atoms with Crippen LogP contribution < -0.4 is 0 Å². The maximum Gasteiger partial charge on any atom is 0.119 e. The Morgan fingerprint density at radius 3 is 2.13 bits per heavy atom. The average molecular weight is 330 g/mol. The molecule has 2 nitrogen and oxygen atoms in total. The molecule has 2 aromatic rings. The molecule has 3 rings (SSSR count). The van der Waals surface area contributed by atoms with Crippen LogP contribution in [0.5, 0.6) is 11.5 Å². The second-order valence-electron chi connectivity index (χ2n) is 6.71. The Bertz CT molecular complexity index is 644.